The number of methoxy groups -OCH3 is 1. The standard InChI is InChI=1S/C19H30N4O3/c1-15(14-20-2)19(25)23-12-10-22(11-13-23)9-8-21-18(24)16-4-6-17(26-3)7-5-16/h4-7,15,20H,8-14H2,1-3H3,(H,21,24). The van der Waals surface area contributed by atoms with Crippen LogP contribution in [0.3, 0.4) is 0 Å². The second kappa shape index (κ2) is 10.1. The van der Waals surface area contributed by atoms with E-state index in [0.29, 0.717) is 18.7 Å². The Bertz CT molecular complexity index is 583. The van der Waals surface area contributed by atoms with Gasteiger partial charge in [-0.05, 0) is 31.3 Å². The Balaban J connectivity index is 1.68. The van der Waals surface area contributed by atoms with E-state index in [4.69, 9.17) is 4.74 Å². The van der Waals surface area contributed by atoms with Crippen LogP contribution in [0.1, 0.15) is 17.3 Å². The Kier molecular flexibility index (Phi) is 7.87. The van der Waals surface area contributed by atoms with Crippen LogP contribution >= 0.6 is 0 Å². The largest absolute Gasteiger partial charge is 0.497 e. The Morgan fingerprint density at radius 1 is 1.15 bits per heavy atom. The Morgan fingerprint density at radius 3 is 2.38 bits per heavy atom. The second-order valence-electron chi connectivity index (χ2n) is 6.61. The molecule has 0 saturated carbocycles. The number of carbonyl (C=O) groups excluding carboxylic acids is 2. The number of ether oxygens (including phenoxy) is 1. The molecule has 2 amide bonds. The summed E-state index contributed by atoms with van der Waals surface area (Å²) >= 11 is 0. The molecule has 2 N–H and O–H groups in total. The molecule has 1 saturated heterocycles. The van der Waals surface area contributed by atoms with E-state index in [1.165, 1.54) is 0 Å². The van der Waals surface area contributed by atoms with E-state index >= 15 is 0 Å². The molecule has 7 nitrogen and oxygen atoms in total. The molecule has 1 fully saturated rings. The van der Waals surface area contributed by atoms with Crippen LogP contribution in [0.5, 0.6) is 5.75 Å². The highest BCUT2D eigenvalue weighted by Crippen LogP contribution is 2.11. The van der Waals surface area contributed by atoms with Gasteiger partial charge in [0.05, 0.1) is 7.11 Å². The van der Waals surface area contributed by atoms with Crippen LogP contribution in [-0.4, -0.2) is 81.6 Å². The summed E-state index contributed by atoms with van der Waals surface area (Å²) in [7, 11) is 3.46. The molecule has 0 radical (unpaired) electrons. The minimum Gasteiger partial charge on any atom is -0.497 e. The first kappa shape index (κ1) is 20.2. The highest BCUT2D eigenvalue weighted by molar-refractivity contribution is 5.94. The molecule has 1 unspecified atom stereocenters. The normalized spacial score (nSPS) is 16.2. The third kappa shape index (κ3) is 5.71. The quantitative estimate of drug-likeness (QED) is 0.701. The first-order chi connectivity index (χ1) is 12.5. The van der Waals surface area contributed by atoms with Crippen LogP contribution in [0.2, 0.25) is 0 Å². The fourth-order valence-electron chi connectivity index (χ4n) is 3.07. The number of benzene rings is 1. The molecule has 1 aromatic rings. The van der Waals surface area contributed by atoms with Gasteiger partial charge in [0.2, 0.25) is 5.91 Å². The van der Waals surface area contributed by atoms with Crippen LogP contribution in [-0.2, 0) is 4.79 Å². The lowest BCUT2D eigenvalue weighted by atomic mass is 10.1. The van der Waals surface area contributed by atoms with Crippen LogP contribution in [0.25, 0.3) is 0 Å². The predicted molar refractivity (Wildman–Crippen MR) is 101 cm³/mol. The molecule has 0 aliphatic carbocycles. The van der Waals surface area contributed by atoms with Gasteiger partial charge in [-0.15, -0.1) is 0 Å². The Morgan fingerprint density at radius 2 is 1.81 bits per heavy atom. The molecule has 26 heavy (non-hydrogen) atoms. The van der Waals surface area contributed by atoms with Crippen molar-refractivity contribution in [1.29, 1.82) is 0 Å². The number of rotatable bonds is 8. The van der Waals surface area contributed by atoms with Crippen molar-refractivity contribution in [1.82, 2.24) is 20.4 Å². The second-order valence-corrected chi connectivity index (χ2v) is 6.61. The van der Waals surface area contributed by atoms with Gasteiger partial charge in [-0.3, -0.25) is 14.5 Å². The van der Waals surface area contributed by atoms with Gasteiger partial charge in [-0.2, -0.15) is 0 Å². The van der Waals surface area contributed by atoms with Gasteiger partial charge in [0.1, 0.15) is 5.75 Å². The minimum atomic E-state index is -0.0812. The van der Waals surface area contributed by atoms with Gasteiger partial charge in [-0.1, -0.05) is 6.92 Å². The number of carbonyl (C=O) groups is 2. The van der Waals surface area contributed by atoms with Crippen molar-refractivity contribution in [3.8, 4) is 5.75 Å². The lowest BCUT2D eigenvalue weighted by Crippen LogP contribution is -2.52. The average Bonchev–Trinajstić information content (AvgIpc) is 2.68. The van der Waals surface area contributed by atoms with Crippen molar-refractivity contribution in [2.45, 2.75) is 6.92 Å². The Labute approximate surface area is 155 Å². The molecule has 7 heteroatoms. The van der Waals surface area contributed by atoms with Crippen LogP contribution < -0.4 is 15.4 Å². The minimum absolute atomic E-state index is 0.00957. The topological polar surface area (TPSA) is 73.9 Å². The molecule has 1 atom stereocenters. The predicted octanol–water partition coefficient (Wildman–Crippen LogP) is 0.425. The maximum absolute atomic E-state index is 12.3. The van der Waals surface area contributed by atoms with Crippen molar-refractivity contribution in [3.05, 3.63) is 29.8 Å². The summed E-state index contributed by atoms with van der Waals surface area (Å²) in [6, 6.07) is 7.07. The smallest absolute Gasteiger partial charge is 0.251 e. The highest BCUT2D eigenvalue weighted by atomic mass is 16.5. The first-order valence-corrected chi connectivity index (χ1v) is 9.13. The van der Waals surface area contributed by atoms with Gasteiger partial charge in [-0.25, -0.2) is 0 Å². The van der Waals surface area contributed by atoms with Gasteiger partial charge >= 0.3 is 0 Å². The highest BCUT2D eigenvalue weighted by Gasteiger charge is 2.24. The molecular formula is C19H30N4O3. The van der Waals surface area contributed by atoms with Gasteiger partial charge < -0.3 is 20.3 Å². The van der Waals surface area contributed by atoms with E-state index in [1.54, 1.807) is 31.4 Å². The number of piperazine rings is 1. The fourth-order valence-corrected chi connectivity index (χ4v) is 3.07. The van der Waals surface area contributed by atoms with Crippen LogP contribution in [0.15, 0.2) is 24.3 Å². The zero-order valence-electron chi connectivity index (χ0n) is 16.0. The monoisotopic (exact) mass is 362 g/mol. The van der Waals surface area contributed by atoms with Gasteiger partial charge in [0.25, 0.3) is 5.91 Å². The average molecular weight is 362 g/mol. The number of amides is 2. The third-order valence-electron chi connectivity index (χ3n) is 4.68. The molecule has 144 valence electrons. The van der Waals surface area contributed by atoms with Crippen molar-refractivity contribution in [2.75, 3.05) is 60.0 Å². The molecule has 0 spiro atoms. The van der Waals surface area contributed by atoms with Crippen molar-refractivity contribution >= 4 is 11.8 Å². The maximum atomic E-state index is 12.3. The summed E-state index contributed by atoms with van der Waals surface area (Å²) in [5.41, 5.74) is 0.625. The summed E-state index contributed by atoms with van der Waals surface area (Å²) in [5, 5.41) is 5.99. The van der Waals surface area contributed by atoms with Gasteiger partial charge in [0, 0.05) is 57.3 Å². The van der Waals surface area contributed by atoms with Crippen LogP contribution in [0.4, 0.5) is 0 Å². The summed E-state index contributed by atoms with van der Waals surface area (Å²) < 4.78 is 5.09. The molecule has 1 heterocycles. The third-order valence-corrected chi connectivity index (χ3v) is 4.68. The van der Waals surface area contributed by atoms with E-state index < -0.39 is 0 Å². The molecule has 2 rings (SSSR count). The Hall–Kier alpha value is -2.12. The number of hydrogen-bond donors (Lipinski definition) is 2. The van der Waals surface area contributed by atoms with Crippen LogP contribution in [0, 0.1) is 5.92 Å². The van der Waals surface area contributed by atoms with Gasteiger partial charge in [0.15, 0.2) is 0 Å². The number of hydrogen-bond acceptors (Lipinski definition) is 5. The fraction of sp³-hybridized carbons (Fsp3) is 0.579. The molecule has 0 aromatic heterocycles. The lowest BCUT2D eigenvalue weighted by molar-refractivity contribution is -0.136. The summed E-state index contributed by atoms with van der Waals surface area (Å²) in [5.74, 6) is 0.877. The maximum Gasteiger partial charge on any atom is 0.251 e. The molecular weight excluding hydrogens is 332 g/mol. The van der Waals surface area contributed by atoms with E-state index in [2.05, 4.69) is 15.5 Å². The molecule has 1 aliphatic rings. The molecule has 1 aromatic carbocycles. The van der Waals surface area contributed by atoms with E-state index in [-0.39, 0.29) is 17.7 Å². The van der Waals surface area contributed by atoms with Crippen molar-refractivity contribution in [3.63, 3.8) is 0 Å². The van der Waals surface area contributed by atoms with Crippen molar-refractivity contribution < 1.29 is 14.3 Å². The zero-order chi connectivity index (χ0) is 18.9. The first-order valence-electron chi connectivity index (χ1n) is 9.13. The summed E-state index contributed by atoms with van der Waals surface area (Å²) in [6.45, 7) is 7.23. The molecule has 0 bridgehead atoms. The number of nitrogens with one attached hydrogen (secondary N) is 2. The van der Waals surface area contributed by atoms with E-state index in [9.17, 15) is 9.59 Å². The molecule has 1 aliphatic heterocycles. The van der Waals surface area contributed by atoms with E-state index in [1.807, 2.05) is 18.9 Å². The SMILES string of the molecule is CNCC(C)C(=O)N1CCN(CCNC(=O)c2ccc(OC)cc2)CC1. The number of nitrogens with zero attached hydrogens (tertiary/aromatic N) is 2. The lowest BCUT2D eigenvalue weighted by Gasteiger charge is -2.36. The van der Waals surface area contributed by atoms with Crippen molar-refractivity contribution in [2.24, 2.45) is 5.92 Å². The zero-order valence-corrected chi connectivity index (χ0v) is 16.0. The van der Waals surface area contributed by atoms with E-state index in [0.717, 1.165) is 38.5 Å². The summed E-state index contributed by atoms with van der Waals surface area (Å²) in [4.78, 5) is 28.7. The summed E-state index contributed by atoms with van der Waals surface area (Å²) in [6.07, 6.45) is 0.